The fraction of sp³-hybridized carbons (Fsp3) is 0.333. The Labute approximate surface area is 124 Å². The van der Waals surface area contributed by atoms with Gasteiger partial charge in [0.15, 0.2) is 0 Å². The van der Waals surface area contributed by atoms with Crippen molar-refractivity contribution in [1.82, 2.24) is 9.97 Å². The minimum absolute atomic E-state index is 0.640. The van der Waals surface area contributed by atoms with Crippen molar-refractivity contribution < 1.29 is 4.74 Å². The number of nitrogen functional groups attached to an aromatic ring is 1. The summed E-state index contributed by atoms with van der Waals surface area (Å²) in [4.78, 5) is 8.49. The molecule has 0 aliphatic heterocycles. The van der Waals surface area contributed by atoms with E-state index >= 15 is 0 Å². The average molecular weight is 287 g/mol. The van der Waals surface area contributed by atoms with Crippen LogP contribution in [0.1, 0.15) is 24.5 Å². The number of hydrazine groups is 1. The minimum atomic E-state index is 0.640. The number of nitrogens with zero attached hydrogens (tertiary/aromatic N) is 2. The molecule has 0 spiro atoms. The molecular formula is C15H21N5O. The normalized spacial score (nSPS) is 10.3. The van der Waals surface area contributed by atoms with Gasteiger partial charge in [-0.2, -0.15) is 0 Å². The zero-order chi connectivity index (χ0) is 15.2. The van der Waals surface area contributed by atoms with E-state index in [4.69, 9.17) is 10.6 Å². The maximum Gasteiger partial charge on any atom is 0.148 e. The third-order valence-electron chi connectivity index (χ3n) is 3.19. The van der Waals surface area contributed by atoms with E-state index in [1.807, 2.05) is 25.1 Å². The third-order valence-corrected chi connectivity index (χ3v) is 3.19. The predicted molar refractivity (Wildman–Crippen MR) is 84.9 cm³/mol. The van der Waals surface area contributed by atoms with Crippen molar-refractivity contribution >= 4 is 17.3 Å². The zero-order valence-electron chi connectivity index (χ0n) is 12.6. The summed E-state index contributed by atoms with van der Waals surface area (Å²) in [6, 6.07) is 5.95. The second-order valence-electron chi connectivity index (χ2n) is 4.77. The maximum atomic E-state index is 5.53. The van der Waals surface area contributed by atoms with Crippen LogP contribution in [0.2, 0.25) is 0 Å². The van der Waals surface area contributed by atoms with Gasteiger partial charge in [-0.25, -0.2) is 15.8 Å². The third kappa shape index (κ3) is 3.41. The number of anilines is 3. The van der Waals surface area contributed by atoms with Crippen LogP contribution in [0.25, 0.3) is 0 Å². The predicted octanol–water partition coefficient (Wildman–Crippen LogP) is 2.78. The lowest BCUT2D eigenvalue weighted by atomic mass is 10.1. The standard InChI is InChI=1S/C15H21N5O/c1-4-5-11-14(17-9-18-15(11)20-16)19-12-8-10(2)6-7-13(12)21-3/h6-9H,4-5,16H2,1-3H3,(H2,17,18,19,20). The van der Waals surface area contributed by atoms with Crippen LogP contribution in [0.3, 0.4) is 0 Å². The minimum Gasteiger partial charge on any atom is -0.495 e. The van der Waals surface area contributed by atoms with Gasteiger partial charge < -0.3 is 15.5 Å². The molecule has 0 fully saturated rings. The van der Waals surface area contributed by atoms with E-state index in [9.17, 15) is 0 Å². The molecule has 4 N–H and O–H groups in total. The molecule has 6 heteroatoms. The van der Waals surface area contributed by atoms with E-state index in [0.717, 1.165) is 41.2 Å². The quantitative estimate of drug-likeness (QED) is 0.559. The first-order valence-corrected chi connectivity index (χ1v) is 6.91. The van der Waals surface area contributed by atoms with E-state index in [0.29, 0.717) is 5.82 Å². The molecule has 0 radical (unpaired) electrons. The van der Waals surface area contributed by atoms with Crippen molar-refractivity contribution in [2.75, 3.05) is 17.9 Å². The molecule has 0 amide bonds. The Balaban J connectivity index is 2.41. The van der Waals surface area contributed by atoms with Gasteiger partial charge in [0.1, 0.15) is 23.7 Å². The van der Waals surface area contributed by atoms with Crippen LogP contribution in [0, 0.1) is 6.92 Å². The Morgan fingerprint density at radius 3 is 2.67 bits per heavy atom. The van der Waals surface area contributed by atoms with Gasteiger partial charge in [0.05, 0.1) is 12.8 Å². The number of aryl methyl sites for hydroxylation is 1. The van der Waals surface area contributed by atoms with Gasteiger partial charge >= 0.3 is 0 Å². The molecule has 0 atom stereocenters. The van der Waals surface area contributed by atoms with Crippen molar-refractivity contribution in [3.63, 3.8) is 0 Å². The Morgan fingerprint density at radius 2 is 2.00 bits per heavy atom. The van der Waals surface area contributed by atoms with Gasteiger partial charge in [-0.15, -0.1) is 0 Å². The first-order valence-electron chi connectivity index (χ1n) is 6.91. The SMILES string of the molecule is CCCc1c(NN)ncnc1Nc1cc(C)ccc1OC. The summed E-state index contributed by atoms with van der Waals surface area (Å²) in [5.74, 6) is 7.68. The topological polar surface area (TPSA) is 85.1 Å². The Kier molecular flexibility index (Phi) is 4.94. The Bertz CT molecular complexity index is 615. The van der Waals surface area contributed by atoms with Crippen LogP contribution in [0.15, 0.2) is 24.5 Å². The summed E-state index contributed by atoms with van der Waals surface area (Å²) in [6.07, 6.45) is 3.29. The van der Waals surface area contributed by atoms with Crippen LogP contribution in [-0.2, 0) is 6.42 Å². The maximum absolute atomic E-state index is 5.53. The van der Waals surface area contributed by atoms with Crippen molar-refractivity contribution in [2.24, 2.45) is 5.84 Å². The molecule has 2 rings (SSSR count). The molecule has 0 saturated carbocycles. The van der Waals surface area contributed by atoms with Crippen molar-refractivity contribution in [1.29, 1.82) is 0 Å². The molecule has 2 aromatic rings. The molecule has 21 heavy (non-hydrogen) atoms. The number of nitrogens with two attached hydrogens (primary N) is 1. The zero-order valence-corrected chi connectivity index (χ0v) is 12.6. The number of hydrogen-bond acceptors (Lipinski definition) is 6. The number of nitrogens with one attached hydrogen (secondary N) is 2. The van der Waals surface area contributed by atoms with Gasteiger partial charge in [0, 0.05) is 5.56 Å². The number of benzene rings is 1. The molecule has 0 aliphatic rings. The van der Waals surface area contributed by atoms with Crippen molar-refractivity contribution in [3.05, 3.63) is 35.7 Å². The van der Waals surface area contributed by atoms with E-state index in [1.54, 1.807) is 7.11 Å². The molecule has 6 nitrogen and oxygen atoms in total. The first kappa shape index (κ1) is 15.1. The smallest absolute Gasteiger partial charge is 0.148 e. The lowest BCUT2D eigenvalue weighted by Gasteiger charge is -2.15. The summed E-state index contributed by atoms with van der Waals surface area (Å²) in [5, 5.41) is 3.32. The first-order chi connectivity index (χ1) is 10.2. The molecule has 1 aromatic heterocycles. The number of hydrogen-bond donors (Lipinski definition) is 3. The molecule has 0 aliphatic carbocycles. The van der Waals surface area contributed by atoms with E-state index in [2.05, 4.69) is 27.6 Å². The summed E-state index contributed by atoms with van der Waals surface area (Å²) >= 11 is 0. The number of rotatable bonds is 6. The second kappa shape index (κ2) is 6.90. The Morgan fingerprint density at radius 1 is 1.24 bits per heavy atom. The molecule has 0 unspecified atom stereocenters. The highest BCUT2D eigenvalue weighted by atomic mass is 16.5. The Hall–Kier alpha value is -2.34. The summed E-state index contributed by atoms with van der Waals surface area (Å²) < 4.78 is 5.38. The van der Waals surface area contributed by atoms with Crippen molar-refractivity contribution in [3.8, 4) is 5.75 Å². The fourth-order valence-electron chi connectivity index (χ4n) is 2.18. The highest BCUT2D eigenvalue weighted by Gasteiger charge is 2.12. The highest BCUT2D eigenvalue weighted by Crippen LogP contribution is 2.30. The number of ether oxygens (including phenoxy) is 1. The van der Waals surface area contributed by atoms with Gasteiger partial charge in [0.2, 0.25) is 0 Å². The van der Waals surface area contributed by atoms with Gasteiger partial charge in [-0.1, -0.05) is 19.4 Å². The number of methoxy groups -OCH3 is 1. The van der Waals surface area contributed by atoms with E-state index in [-0.39, 0.29) is 0 Å². The molecular weight excluding hydrogens is 266 g/mol. The van der Waals surface area contributed by atoms with Gasteiger partial charge in [0.25, 0.3) is 0 Å². The monoisotopic (exact) mass is 287 g/mol. The van der Waals surface area contributed by atoms with Gasteiger partial charge in [-0.3, -0.25) is 0 Å². The van der Waals surface area contributed by atoms with Crippen LogP contribution in [0.4, 0.5) is 17.3 Å². The second-order valence-corrected chi connectivity index (χ2v) is 4.77. The summed E-state index contributed by atoms with van der Waals surface area (Å²) in [5.41, 5.74) is 5.60. The van der Waals surface area contributed by atoms with Crippen LogP contribution in [-0.4, -0.2) is 17.1 Å². The van der Waals surface area contributed by atoms with Gasteiger partial charge in [-0.05, 0) is 31.0 Å². The lowest BCUT2D eigenvalue weighted by molar-refractivity contribution is 0.416. The summed E-state index contributed by atoms with van der Waals surface area (Å²) in [6.45, 7) is 4.13. The van der Waals surface area contributed by atoms with Crippen LogP contribution < -0.4 is 21.3 Å². The van der Waals surface area contributed by atoms with Crippen LogP contribution in [0.5, 0.6) is 5.75 Å². The van der Waals surface area contributed by atoms with Crippen LogP contribution >= 0.6 is 0 Å². The molecule has 1 heterocycles. The number of aromatic nitrogens is 2. The highest BCUT2D eigenvalue weighted by molar-refractivity contribution is 5.69. The molecule has 1 aromatic carbocycles. The lowest BCUT2D eigenvalue weighted by Crippen LogP contribution is -2.13. The summed E-state index contributed by atoms with van der Waals surface area (Å²) in [7, 11) is 1.65. The van der Waals surface area contributed by atoms with E-state index in [1.165, 1.54) is 6.33 Å². The fourth-order valence-corrected chi connectivity index (χ4v) is 2.18. The van der Waals surface area contributed by atoms with E-state index < -0.39 is 0 Å². The molecule has 0 saturated heterocycles. The van der Waals surface area contributed by atoms with Crippen molar-refractivity contribution in [2.45, 2.75) is 26.7 Å². The molecule has 0 bridgehead atoms. The largest absolute Gasteiger partial charge is 0.495 e. The average Bonchev–Trinajstić information content (AvgIpc) is 2.49. The molecule has 112 valence electrons.